The van der Waals surface area contributed by atoms with Gasteiger partial charge in [0.25, 0.3) is 5.91 Å². The van der Waals surface area contributed by atoms with Gasteiger partial charge in [0.1, 0.15) is 0 Å². The first-order valence-electron chi connectivity index (χ1n) is 8.48. The van der Waals surface area contributed by atoms with Gasteiger partial charge in [-0.05, 0) is 29.7 Å². The van der Waals surface area contributed by atoms with Crippen LogP contribution in [0.4, 0.5) is 0 Å². The van der Waals surface area contributed by atoms with Gasteiger partial charge in [-0.3, -0.25) is 9.59 Å². The maximum atomic E-state index is 12.5. The molecule has 5 heteroatoms. The van der Waals surface area contributed by atoms with Gasteiger partial charge in [-0.15, -0.1) is 0 Å². The molecule has 0 saturated carbocycles. The van der Waals surface area contributed by atoms with Crippen LogP contribution in [0.15, 0.2) is 48.5 Å². The van der Waals surface area contributed by atoms with Crippen molar-refractivity contribution in [3.05, 3.63) is 70.2 Å². The van der Waals surface area contributed by atoms with Gasteiger partial charge in [-0.2, -0.15) is 0 Å². The van der Waals surface area contributed by atoms with Crippen molar-refractivity contribution < 1.29 is 9.59 Å². The zero-order valence-electron chi connectivity index (χ0n) is 14.2. The van der Waals surface area contributed by atoms with Crippen LogP contribution >= 0.6 is 11.6 Å². The number of likely N-dealkylation sites (tertiary alicyclic amines) is 1. The summed E-state index contributed by atoms with van der Waals surface area (Å²) in [5, 5.41) is 3.65. The van der Waals surface area contributed by atoms with E-state index < -0.39 is 0 Å². The van der Waals surface area contributed by atoms with Gasteiger partial charge in [0.2, 0.25) is 5.91 Å². The van der Waals surface area contributed by atoms with Crippen molar-refractivity contribution in [2.45, 2.75) is 32.4 Å². The molecule has 0 aromatic heterocycles. The number of hydrogen-bond donors (Lipinski definition) is 1. The van der Waals surface area contributed by atoms with E-state index in [-0.39, 0.29) is 17.9 Å². The number of carbonyl (C=O) groups is 2. The summed E-state index contributed by atoms with van der Waals surface area (Å²) in [5.74, 6) is -0.0798. The van der Waals surface area contributed by atoms with Gasteiger partial charge in [0, 0.05) is 30.1 Å². The molecule has 0 aliphatic carbocycles. The molecule has 1 atom stereocenters. The minimum absolute atomic E-state index is 0.0361. The number of aryl methyl sites for hydroxylation is 1. The van der Waals surface area contributed by atoms with Gasteiger partial charge in [-0.1, -0.05) is 54.9 Å². The minimum atomic E-state index is -0.174. The fraction of sp³-hybridized carbons (Fsp3) is 0.300. The Morgan fingerprint density at radius 3 is 2.56 bits per heavy atom. The summed E-state index contributed by atoms with van der Waals surface area (Å²) in [5.41, 5.74) is 2.61. The molecular weight excluding hydrogens is 336 g/mol. The molecule has 0 unspecified atom stereocenters. The number of amides is 2. The van der Waals surface area contributed by atoms with Crippen LogP contribution in [0.25, 0.3) is 0 Å². The van der Waals surface area contributed by atoms with E-state index in [1.165, 1.54) is 0 Å². The molecule has 1 saturated heterocycles. The van der Waals surface area contributed by atoms with Gasteiger partial charge in [0.15, 0.2) is 0 Å². The second-order valence-corrected chi connectivity index (χ2v) is 6.66. The van der Waals surface area contributed by atoms with E-state index in [1.807, 2.05) is 55.5 Å². The number of rotatable bonds is 5. The maximum absolute atomic E-state index is 12.5. The van der Waals surface area contributed by atoms with E-state index in [0.29, 0.717) is 30.1 Å². The Labute approximate surface area is 152 Å². The summed E-state index contributed by atoms with van der Waals surface area (Å²) in [7, 11) is 0. The van der Waals surface area contributed by atoms with E-state index in [1.54, 1.807) is 4.90 Å². The third-order valence-corrected chi connectivity index (χ3v) is 4.88. The Hall–Kier alpha value is -2.33. The lowest BCUT2D eigenvalue weighted by atomic mass is 10.0. The molecule has 0 bridgehead atoms. The quantitative estimate of drug-likeness (QED) is 0.892. The largest absolute Gasteiger partial charge is 0.347 e. The lowest BCUT2D eigenvalue weighted by Gasteiger charge is -2.18. The number of benzene rings is 2. The van der Waals surface area contributed by atoms with E-state index in [9.17, 15) is 9.59 Å². The molecule has 4 nitrogen and oxygen atoms in total. The van der Waals surface area contributed by atoms with E-state index in [4.69, 9.17) is 11.6 Å². The summed E-state index contributed by atoms with van der Waals surface area (Å²) >= 11 is 6.18. The molecular formula is C20H21ClN2O2. The fourth-order valence-electron chi connectivity index (χ4n) is 3.17. The predicted molar refractivity (Wildman–Crippen MR) is 98.6 cm³/mol. The molecule has 1 heterocycles. The molecule has 1 N–H and O–H groups in total. The topological polar surface area (TPSA) is 49.4 Å². The summed E-state index contributed by atoms with van der Waals surface area (Å²) < 4.78 is 0. The lowest BCUT2D eigenvalue weighted by Crippen LogP contribution is -2.37. The van der Waals surface area contributed by atoms with Crippen LogP contribution in [0.2, 0.25) is 5.02 Å². The average molecular weight is 357 g/mol. The van der Waals surface area contributed by atoms with Crippen LogP contribution in [-0.4, -0.2) is 29.3 Å². The molecule has 2 aromatic carbocycles. The van der Waals surface area contributed by atoms with Crippen molar-refractivity contribution in [2.24, 2.45) is 0 Å². The highest BCUT2D eigenvalue weighted by molar-refractivity contribution is 6.31. The molecule has 0 radical (unpaired) electrons. The van der Waals surface area contributed by atoms with Crippen LogP contribution in [0.5, 0.6) is 0 Å². The number of hydrogen-bond acceptors (Lipinski definition) is 2. The van der Waals surface area contributed by atoms with Crippen molar-refractivity contribution >= 4 is 23.4 Å². The molecule has 1 aliphatic rings. The first-order chi connectivity index (χ1) is 12.1. The van der Waals surface area contributed by atoms with Crippen LogP contribution in [0.1, 0.15) is 34.8 Å². The van der Waals surface area contributed by atoms with E-state index in [0.717, 1.165) is 17.5 Å². The van der Waals surface area contributed by atoms with Crippen molar-refractivity contribution in [2.75, 3.05) is 6.54 Å². The molecule has 1 fully saturated rings. The van der Waals surface area contributed by atoms with Crippen molar-refractivity contribution in [3.63, 3.8) is 0 Å². The lowest BCUT2D eigenvalue weighted by molar-refractivity contribution is -0.128. The van der Waals surface area contributed by atoms with Crippen molar-refractivity contribution in [1.82, 2.24) is 10.2 Å². The first kappa shape index (κ1) is 17.5. The van der Waals surface area contributed by atoms with Crippen LogP contribution < -0.4 is 5.32 Å². The normalized spacial score (nSPS) is 17.0. The minimum Gasteiger partial charge on any atom is -0.347 e. The molecule has 2 amide bonds. The summed E-state index contributed by atoms with van der Waals surface area (Å²) in [6.45, 7) is 3.00. The second-order valence-electron chi connectivity index (χ2n) is 6.25. The first-order valence-corrected chi connectivity index (χ1v) is 8.86. The summed E-state index contributed by atoms with van der Waals surface area (Å²) in [4.78, 5) is 26.6. The molecule has 25 heavy (non-hydrogen) atoms. The number of carbonyl (C=O) groups excluding carboxylic acids is 2. The fourth-order valence-corrected chi connectivity index (χ4v) is 3.36. The molecule has 0 spiro atoms. The predicted octanol–water partition coefficient (Wildman–Crippen LogP) is 3.43. The summed E-state index contributed by atoms with van der Waals surface area (Å²) in [6, 6.07) is 14.9. The third kappa shape index (κ3) is 4.02. The number of halogens is 1. The second kappa shape index (κ2) is 7.70. The molecule has 130 valence electrons. The van der Waals surface area contributed by atoms with E-state index in [2.05, 4.69) is 5.32 Å². The Kier molecular flexibility index (Phi) is 5.39. The van der Waals surface area contributed by atoms with Gasteiger partial charge >= 0.3 is 0 Å². The zero-order chi connectivity index (χ0) is 17.8. The molecule has 1 aliphatic heterocycles. The van der Waals surface area contributed by atoms with Gasteiger partial charge < -0.3 is 10.2 Å². The third-order valence-electron chi connectivity index (χ3n) is 4.51. The monoisotopic (exact) mass is 356 g/mol. The Bertz CT molecular complexity index is 791. The van der Waals surface area contributed by atoms with Crippen LogP contribution in [-0.2, 0) is 17.8 Å². The van der Waals surface area contributed by atoms with Crippen LogP contribution in [0.3, 0.4) is 0 Å². The SMILES string of the molecule is CCc1ccccc1C(=O)N[C@@H]1CC(=O)N(Cc2ccccc2Cl)C1. The van der Waals surface area contributed by atoms with E-state index >= 15 is 0 Å². The standard InChI is InChI=1S/C20H21ClN2O2/c1-2-14-7-3-5-9-17(14)20(25)22-16-11-19(24)23(13-16)12-15-8-4-6-10-18(15)21/h3-10,16H,2,11-13H2,1H3,(H,22,25)/t16-/m1/s1. The maximum Gasteiger partial charge on any atom is 0.251 e. The average Bonchev–Trinajstić information content (AvgIpc) is 2.96. The highest BCUT2D eigenvalue weighted by Crippen LogP contribution is 2.21. The number of nitrogens with one attached hydrogen (secondary N) is 1. The summed E-state index contributed by atoms with van der Waals surface area (Å²) in [6.07, 6.45) is 1.12. The smallest absolute Gasteiger partial charge is 0.251 e. The molecule has 3 rings (SSSR count). The van der Waals surface area contributed by atoms with Crippen LogP contribution in [0, 0.1) is 0 Å². The Morgan fingerprint density at radius 1 is 1.16 bits per heavy atom. The highest BCUT2D eigenvalue weighted by Gasteiger charge is 2.31. The van der Waals surface area contributed by atoms with Crippen molar-refractivity contribution in [3.8, 4) is 0 Å². The highest BCUT2D eigenvalue weighted by atomic mass is 35.5. The molecule has 2 aromatic rings. The van der Waals surface area contributed by atoms with Gasteiger partial charge in [-0.25, -0.2) is 0 Å². The number of nitrogens with zero attached hydrogens (tertiary/aromatic N) is 1. The Morgan fingerprint density at radius 2 is 1.84 bits per heavy atom. The van der Waals surface area contributed by atoms with Crippen molar-refractivity contribution in [1.29, 1.82) is 0 Å². The zero-order valence-corrected chi connectivity index (χ0v) is 14.9. The van der Waals surface area contributed by atoms with Gasteiger partial charge in [0.05, 0.1) is 6.04 Å². The Balaban J connectivity index is 1.65.